The first kappa shape index (κ1) is 12.5. The maximum absolute atomic E-state index is 11.4. The molecule has 1 aromatic rings. The molecule has 0 bridgehead atoms. The molecule has 3 nitrogen and oxygen atoms in total. The molecule has 0 aromatic heterocycles. The van der Waals surface area contributed by atoms with Gasteiger partial charge in [0.05, 0.1) is 6.61 Å². The van der Waals surface area contributed by atoms with Crippen molar-refractivity contribution in [1.29, 1.82) is 0 Å². The summed E-state index contributed by atoms with van der Waals surface area (Å²) in [7, 11) is 0. The Labute approximate surface area is 98.5 Å². The molecule has 0 atom stereocenters. The van der Waals surface area contributed by atoms with Crippen molar-refractivity contribution in [2.45, 2.75) is 11.8 Å². The minimum absolute atomic E-state index is 0.195. The monoisotopic (exact) mass is 236 g/mol. The second kappa shape index (κ2) is 6.85. The van der Waals surface area contributed by atoms with E-state index in [9.17, 15) is 9.59 Å². The molecule has 0 aliphatic heterocycles. The third kappa shape index (κ3) is 4.79. The molecule has 84 valence electrons. The largest absolute Gasteiger partial charge is 0.463 e. The third-order valence-electron chi connectivity index (χ3n) is 1.60. The summed E-state index contributed by atoms with van der Waals surface area (Å²) < 4.78 is 4.66. The fourth-order valence-electron chi connectivity index (χ4n) is 0.965. The lowest BCUT2D eigenvalue weighted by Crippen LogP contribution is -1.99. The molecule has 0 heterocycles. The van der Waals surface area contributed by atoms with Gasteiger partial charge >= 0.3 is 5.97 Å². The maximum atomic E-state index is 11.4. The van der Waals surface area contributed by atoms with E-state index in [1.807, 2.05) is 30.3 Å². The molecule has 0 N–H and O–H groups in total. The number of rotatable bonds is 4. The number of carbonyl (C=O) groups is 2. The van der Waals surface area contributed by atoms with Crippen LogP contribution in [0.25, 0.3) is 0 Å². The average Bonchev–Trinajstić information content (AvgIpc) is 2.28. The van der Waals surface area contributed by atoms with Crippen LogP contribution in [0.4, 0.5) is 0 Å². The quantitative estimate of drug-likeness (QED) is 0.457. The molecule has 16 heavy (non-hydrogen) atoms. The summed E-state index contributed by atoms with van der Waals surface area (Å²) in [6.45, 7) is 2.02. The summed E-state index contributed by atoms with van der Waals surface area (Å²) in [5.74, 6) is -0.496. The van der Waals surface area contributed by atoms with E-state index < -0.39 is 5.97 Å². The van der Waals surface area contributed by atoms with Crippen LogP contribution in [0.5, 0.6) is 0 Å². The van der Waals surface area contributed by atoms with Gasteiger partial charge in [-0.3, -0.25) is 4.79 Å². The van der Waals surface area contributed by atoms with E-state index in [2.05, 4.69) is 4.74 Å². The third-order valence-corrected chi connectivity index (χ3v) is 2.45. The van der Waals surface area contributed by atoms with Crippen LogP contribution in [0.1, 0.15) is 6.92 Å². The van der Waals surface area contributed by atoms with Crippen LogP contribution in [-0.4, -0.2) is 17.7 Å². The first-order chi connectivity index (χ1) is 7.72. The molecule has 0 spiro atoms. The summed E-state index contributed by atoms with van der Waals surface area (Å²) >= 11 is 1.07. The maximum Gasteiger partial charge on any atom is 0.330 e. The number of esters is 1. The van der Waals surface area contributed by atoms with Crippen molar-refractivity contribution in [2.24, 2.45) is 0 Å². The minimum Gasteiger partial charge on any atom is -0.463 e. The van der Waals surface area contributed by atoms with Crippen molar-refractivity contribution in [3.8, 4) is 0 Å². The van der Waals surface area contributed by atoms with Crippen LogP contribution >= 0.6 is 11.8 Å². The molecule has 0 aliphatic carbocycles. The highest BCUT2D eigenvalue weighted by atomic mass is 32.2. The van der Waals surface area contributed by atoms with Crippen LogP contribution in [0.3, 0.4) is 0 Å². The van der Waals surface area contributed by atoms with Crippen LogP contribution in [-0.2, 0) is 14.3 Å². The minimum atomic E-state index is -0.496. The van der Waals surface area contributed by atoms with E-state index in [0.29, 0.717) is 6.61 Å². The van der Waals surface area contributed by atoms with Crippen LogP contribution < -0.4 is 0 Å². The number of ether oxygens (including phenoxy) is 1. The van der Waals surface area contributed by atoms with Crippen molar-refractivity contribution in [3.63, 3.8) is 0 Å². The number of benzene rings is 1. The highest BCUT2D eigenvalue weighted by Gasteiger charge is 2.01. The zero-order valence-electron chi connectivity index (χ0n) is 8.88. The Morgan fingerprint density at radius 2 is 1.94 bits per heavy atom. The highest BCUT2D eigenvalue weighted by Crippen LogP contribution is 2.18. The summed E-state index contributed by atoms with van der Waals surface area (Å²) in [5, 5.41) is -0.195. The van der Waals surface area contributed by atoms with Crippen molar-refractivity contribution in [2.75, 3.05) is 6.61 Å². The summed E-state index contributed by atoms with van der Waals surface area (Å²) in [6, 6.07) is 9.25. The molecular weight excluding hydrogens is 224 g/mol. The molecular formula is C12H12O3S. The van der Waals surface area contributed by atoms with Gasteiger partial charge in [0.1, 0.15) is 0 Å². The lowest BCUT2D eigenvalue weighted by Gasteiger charge is -1.96. The van der Waals surface area contributed by atoms with Gasteiger partial charge in [-0.25, -0.2) is 4.79 Å². The molecule has 0 amide bonds. The molecule has 1 aromatic carbocycles. The van der Waals surface area contributed by atoms with Gasteiger partial charge in [0, 0.05) is 11.0 Å². The molecule has 4 heteroatoms. The fraction of sp³-hybridized carbons (Fsp3) is 0.167. The van der Waals surface area contributed by atoms with Gasteiger partial charge in [0.2, 0.25) is 5.12 Å². The number of carbonyl (C=O) groups excluding carboxylic acids is 2. The zero-order valence-corrected chi connectivity index (χ0v) is 9.70. The van der Waals surface area contributed by atoms with Gasteiger partial charge < -0.3 is 4.74 Å². The molecule has 0 fully saturated rings. The predicted molar refractivity (Wildman–Crippen MR) is 63.1 cm³/mol. The number of thioether (sulfide) groups is 1. The van der Waals surface area contributed by atoms with E-state index in [0.717, 1.165) is 22.7 Å². The normalized spacial score (nSPS) is 10.3. The summed E-state index contributed by atoms with van der Waals surface area (Å²) in [4.78, 5) is 23.2. The first-order valence-electron chi connectivity index (χ1n) is 4.84. The standard InChI is InChI=1S/C12H12O3S/c1-2-15-11(13)8-9-12(14)16-10-6-4-3-5-7-10/h3-9H,2H2,1H3/b9-8+. The summed E-state index contributed by atoms with van der Waals surface area (Å²) in [6.07, 6.45) is 2.36. The Hall–Kier alpha value is -1.55. The van der Waals surface area contributed by atoms with Crippen molar-refractivity contribution < 1.29 is 14.3 Å². The SMILES string of the molecule is CCOC(=O)/C=C/C(=O)Sc1ccccc1. The Kier molecular flexibility index (Phi) is 5.36. The van der Waals surface area contributed by atoms with Crippen molar-refractivity contribution >= 4 is 22.8 Å². The molecule has 0 aliphatic rings. The second-order valence-electron chi connectivity index (χ2n) is 2.82. The smallest absolute Gasteiger partial charge is 0.330 e. The lowest BCUT2D eigenvalue weighted by atomic mass is 10.4. The molecule has 0 unspecified atom stereocenters. The van der Waals surface area contributed by atoms with Crippen LogP contribution in [0.15, 0.2) is 47.4 Å². The van der Waals surface area contributed by atoms with E-state index >= 15 is 0 Å². The van der Waals surface area contributed by atoms with Crippen LogP contribution in [0, 0.1) is 0 Å². The van der Waals surface area contributed by atoms with Gasteiger partial charge in [-0.05, 0) is 36.9 Å². The van der Waals surface area contributed by atoms with Gasteiger partial charge in [-0.15, -0.1) is 0 Å². The molecule has 1 rings (SSSR count). The lowest BCUT2D eigenvalue weighted by molar-refractivity contribution is -0.137. The van der Waals surface area contributed by atoms with Gasteiger partial charge in [-0.2, -0.15) is 0 Å². The predicted octanol–water partition coefficient (Wildman–Crippen LogP) is 2.42. The molecule has 0 radical (unpaired) electrons. The fourth-order valence-corrected chi connectivity index (χ4v) is 1.63. The van der Waals surface area contributed by atoms with Gasteiger partial charge in [-0.1, -0.05) is 18.2 Å². The van der Waals surface area contributed by atoms with Crippen molar-refractivity contribution in [3.05, 3.63) is 42.5 Å². The van der Waals surface area contributed by atoms with E-state index in [1.54, 1.807) is 6.92 Å². The summed E-state index contributed by atoms with van der Waals surface area (Å²) in [5.41, 5.74) is 0. The van der Waals surface area contributed by atoms with Gasteiger partial charge in [0.25, 0.3) is 0 Å². The Balaban J connectivity index is 2.45. The zero-order chi connectivity index (χ0) is 11.8. The van der Waals surface area contributed by atoms with E-state index in [1.165, 1.54) is 6.08 Å². The average molecular weight is 236 g/mol. The van der Waals surface area contributed by atoms with Crippen LogP contribution in [0.2, 0.25) is 0 Å². The number of hydrogen-bond acceptors (Lipinski definition) is 4. The molecule has 0 saturated heterocycles. The second-order valence-corrected chi connectivity index (χ2v) is 3.90. The number of hydrogen-bond donors (Lipinski definition) is 0. The Morgan fingerprint density at radius 1 is 1.25 bits per heavy atom. The van der Waals surface area contributed by atoms with Gasteiger partial charge in [0.15, 0.2) is 0 Å². The van der Waals surface area contributed by atoms with Crippen molar-refractivity contribution in [1.82, 2.24) is 0 Å². The molecule has 0 saturated carbocycles. The topological polar surface area (TPSA) is 43.4 Å². The Bertz CT molecular complexity index is 385. The first-order valence-corrected chi connectivity index (χ1v) is 5.65. The highest BCUT2D eigenvalue weighted by molar-refractivity contribution is 8.14. The van der Waals surface area contributed by atoms with E-state index in [4.69, 9.17) is 0 Å². The van der Waals surface area contributed by atoms with E-state index in [-0.39, 0.29) is 5.12 Å². The Morgan fingerprint density at radius 3 is 2.56 bits per heavy atom.